The van der Waals surface area contributed by atoms with E-state index in [2.05, 4.69) is 5.10 Å². The lowest BCUT2D eigenvalue weighted by atomic mass is 10.3. The summed E-state index contributed by atoms with van der Waals surface area (Å²) < 4.78 is 13.3. The Hall–Kier alpha value is -1.42. The number of hydrazone groups is 1. The zero-order valence-electron chi connectivity index (χ0n) is 7.08. The molecule has 1 aliphatic heterocycles. The van der Waals surface area contributed by atoms with Gasteiger partial charge in [0.15, 0.2) is 5.82 Å². The predicted octanol–water partition coefficient (Wildman–Crippen LogP) is 2.20. The number of hydrogen-bond donors (Lipinski definition) is 0. The van der Waals surface area contributed by atoms with Crippen LogP contribution >= 0.6 is 11.6 Å². The van der Waals surface area contributed by atoms with Gasteiger partial charge >= 0.3 is 0 Å². The molecule has 0 unspecified atom stereocenters. The average Bonchev–Trinajstić information content (AvgIpc) is 2.52. The van der Waals surface area contributed by atoms with E-state index in [-0.39, 0.29) is 23.0 Å². The first-order valence-electron chi connectivity index (χ1n) is 3.99. The Balaban J connectivity index is 2.50. The second-order valence-corrected chi connectivity index (χ2v) is 3.19. The highest BCUT2D eigenvalue weighted by atomic mass is 35.5. The first-order chi connectivity index (χ1) is 6.70. The fourth-order valence-electron chi connectivity index (χ4n) is 1.23. The summed E-state index contributed by atoms with van der Waals surface area (Å²) in [4.78, 5) is 11.3. The maximum atomic E-state index is 13.3. The molecule has 0 bridgehead atoms. The lowest BCUT2D eigenvalue weighted by Crippen LogP contribution is -2.21. The van der Waals surface area contributed by atoms with Gasteiger partial charge in [-0.05, 0) is 12.1 Å². The monoisotopic (exact) mass is 212 g/mol. The molecule has 0 saturated heterocycles. The Morgan fingerprint density at radius 3 is 2.86 bits per heavy atom. The van der Waals surface area contributed by atoms with Crippen LogP contribution in [-0.2, 0) is 4.79 Å². The van der Waals surface area contributed by atoms with Crippen LogP contribution in [0.25, 0.3) is 0 Å². The van der Waals surface area contributed by atoms with Crippen LogP contribution in [0, 0.1) is 5.82 Å². The molecule has 1 aromatic rings. The van der Waals surface area contributed by atoms with Gasteiger partial charge in [-0.25, -0.2) is 4.39 Å². The summed E-state index contributed by atoms with van der Waals surface area (Å²) in [5.74, 6) is -0.832. The molecule has 14 heavy (non-hydrogen) atoms. The van der Waals surface area contributed by atoms with Gasteiger partial charge < -0.3 is 0 Å². The number of rotatable bonds is 1. The molecule has 1 heterocycles. The van der Waals surface area contributed by atoms with Crippen LogP contribution in [0.15, 0.2) is 23.3 Å². The number of halogens is 2. The molecule has 0 N–H and O–H groups in total. The molecule has 0 fully saturated rings. The molecule has 0 spiro atoms. The van der Waals surface area contributed by atoms with Gasteiger partial charge in [-0.15, -0.1) is 0 Å². The zero-order valence-corrected chi connectivity index (χ0v) is 7.83. The number of para-hydroxylation sites is 1. The lowest BCUT2D eigenvalue weighted by molar-refractivity contribution is -0.116. The van der Waals surface area contributed by atoms with Crippen LogP contribution in [0.5, 0.6) is 0 Å². The van der Waals surface area contributed by atoms with Crippen molar-refractivity contribution in [2.75, 3.05) is 5.01 Å². The minimum Gasteiger partial charge on any atom is -0.272 e. The number of benzene rings is 1. The van der Waals surface area contributed by atoms with E-state index in [0.717, 1.165) is 5.01 Å². The number of nitrogens with zero attached hydrogens (tertiary/aromatic N) is 2. The number of amides is 1. The SMILES string of the molecule is O=C1CC=NN1c1c(F)cccc1Cl. The summed E-state index contributed by atoms with van der Waals surface area (Å²) in [6, 6.07) is 4.23. The third-order valence-corrected chi connectivity index (χ3v) is 2.15. The summed E-state index contributed by atoms with van der Waals surface area (Å²) >= 11 is 5.77. The first-order valence-corrected chi connectivity index (χ1v) is 4.37. The minimum absolute atomic E-state index is 0.0212. The maximum absolute atomic E-state index is 13.3. The highest BCUT2D eigenvalue weighted by Gasteiger charge is 2.23. The van der Waals surface area contributed by atoms with Crippen molar-refractivity contribution in [1.29, 1.82) is 0 Å². The maximum Gasteiger partial charge on any atom is 0.252 e. The van der Waals surface area contributed by atoms with Gasteiger partial charge in [-0.1, -0.05) is 17.7 Å². The third kappa shape index (κ3) is 1.37. The highest BCUT2D eigenvalue weighted by molar-refractivity contribution is 6.34. The summed E-state index contributed by atoms with van der Waals surface area (Å²) in [6.07, 6.45) is 1.61. The fourth-order valence-corrected chi connectivity index (χ4v) is 1.47. The van der Waals surface area contributed by atoms with Crippen molar-refractivity contribution in [3.63, 3.8) is 0 Å². The molecule has 0 saturated carbocycles. The summed E-state index contributed by atoms with van der Waals surface area (Å²) in [6.45, 7) is 0. The van der Waals surface area contributed by atoms with E-state index in [4.69, 9.17) is 11.6 Å². The number of carbonyl (C=O) groups is 1. The molecule has 3 nitrogen and oxygen atoms in total. The van der Waals surface area contributed by atoms with Crippen molar-refractivity contribution >= 4 is 29.4 Å². The van der Waals surface area contributed by atoms with Crippen LogP contribution in [-0.4, -0.2) is 12.1 Å². The van der Waals surface area contributed by atoms with Crippen molar-refractivity contribution in [3.05, 3.63) is 29.0 Å². The number of anilines is 1. The summed E-state index contributed by atoms with van der Waals surface area (Å²) in [7, 11) is 0. The van der Waals surface area contributed by atoms with Crippen molar-refractivity contribution in [2.45, 2.75) is 6.42 Å². The molecule has 0 aromatic heterocycles. The van der Waals surface area contributed by atoms with Crippen LogP contribution in [0.1, 0.15) is 6.42 Å². The van der Waals surface area contributed by atoms with Crippen LogP contribution < -0.4 is 5.01 Å². The lowest BCUT2D eigenvalue weighted by Gasteiger charge is -2.13. The van der Waals surface area contributed by atoms with Gasteiger partial charge in [0, 0.05) is 6.21 Å². The minimum atomic E-state index is -0.551. The van der Waals surface area contributed by atoms with Crippen molar-refractivity contribution in [1.82, 2.24) is 0 Å². The molecule has 5 heteroatoms. The van der Waals surface area contributed by atoms with Crippen LogP contribution in [0.2, 0.25) is 5.02 Å². The van der Waals surface area contributed by atoms with E-state index in [9.17, 15) is 9.18 Å². The predicted molar refractivity (Wildman–Crippen MR) is 52.0 cm³/mol. The molecule has 0 radical (unpaired) electrons. The quantitative estimate of drug-likeness (QED) is 0.703. The van der Waals surface area contributed by atoms with E-state index >= 15 is 0 Å². The van der Waals surface area contributed by atoms with E-state index in [1.807, 2.05) is 0 Å². The van der Waals surface area contributed by atoms with Crippen molar-refractivity contribution in [3.8, 4) is 0 Å². The zero-order chi connectivity index (χ0) is 10.1. The Kier molecular flexibility index (Phi) is 2.21. The van der Waals surface area contributed by atoms with E-state index < -0.39 is 5.82 Å². The molecule has 72 valence electrons. The average molecular weight is 213 g/mol. The standard InChI is InChI=1S/C9H6ClFN2O/c10-6-2-1-3-7(11)9(6)13-8(14)4-5-12-13/h1-3,5H,4H2. The molecular formula is C9H6ClFN2O. The van der Waals surface area contributed by atoms with Gasteiger partial charge in [-0.2, -0.15) is 10.1 Å². The van der Waals surface area contributed by atoms with Crippen molar-refractivity contribution < 1.29 is 9.18 Å². The largest absolute Gasteiger partial charge is 0.272 e. The molecule has 1 aromatic carbocycles. The van der Waals surface area contributed by atoms with E-state index in [0.29, 0.717) is 0 Å². The van der Waals surface area contributed by atoms with Gasteiger partial charge in [0.05, 0.1) is 11.4 Å². The normalized spacial score (nSPS) is 15.3. The molecular weight excluding hydrogens is 207 g/mol. The summed E-state index contributed by atoms with van der Waals surface area (Å²) in [5.41, 5.74) is 0.0212. The van der Waals surface area contributed by atoms with Gasteiger partial charge in [0.1, 0.15) is 5.69 Å². The number of hydrogen-bond acceptors (Lipinski definition) is 2. The molecule has 2 rings (SSSR count). The molecule has 0 aliphatic carbocycles. The Morgan fingerprint density at radius 2 is 2.29 bits per heavy atom. The molecule has 0 atom stereocenters. The van der Waals surface area contributed by atoms with Crippen LogP contribution in [0.4, 0.5) is 10.1 Å². The van der Waals surface area contributed by atoms with E-state index in [1.54, 1.807) is 0 Å². The van der Waals surface area contributed by atoms with Crippen LogP contribution in [0.3, 0.4) is 0 Å². The topological polar surface area (TPSA) is 32.7 Å². The second kappa shape index (κ2) is 3.38. The van der Waals surface area contributed by atoms with Gasteiger partial charge in [-0.3, -0.25) is 4.79 Å². The first kappa shape index (κ1) is 9.15. The Morgan fingerprint density at radius 1 is 1.50 bits per heavy atom. The second-order valence-electron chi connectivity index (χ2n) is 2.78. The number of carbonyl (C=O) groups excluding carboxylic acids is 1. The van der Waals surface area contributed by atoms with Crippen molar-refractivity contribution in [2.24, 2.45) is 5.10 Å². The Bertz CT molecular complexity index is 399. The van der Waals surface area contributed by atoms with E-state index in [1.165, 1.54) is 24.4 Å². The van der Waals surface area contributed by atoms with Gasteiger partial charge in [0.25, 0.3) is 5.91 Å². The summed E-state index contributed by atoms with van der Waals surface area (Å²) in [5, 5.41) is 4.90. The fraction of sp³-hybridized carbons (Fsp3) is 0.111. The Labute approximate surface area is 84.8 Å². The molecule has 1 aliphatic rings. The third-order valence-electron chi connectivity index (χ3n) is 1.85. The van der Waals surface area contributed by atoms with Gasteiger partial charge in [0.2, 0.25) is 0 Å². The smallest absolute Gasteiger partial charge is 0.252 e. The molecule has 1 amide bonds. The highest BCUT2D eigenvalue weighted by Crippen LogP contribution is 2.30.